The van der Waals surface area contributed by atoms with Crippen LogP contribution in [-0.4, -0.2) is 69.1 Å². The predicted octanol–water partition coefficient (Wildman–Crippen LogP) is 4.39. The minimum absolute atomic E-state index is 0.394. The van der Waals surface area contributed by atoms with Gasteiger partial charge in [-0.25, -0.2) is 13.8 Å². The summed E-state index contributed by atoms with van der Waals surface area (Å²) in [5.41, 5.74) is 2.67. The van der Waals surface area contributed by atoms with Gasteiger partial charge in [0.25, 0.3) is 0 Å². The van der Waals surface area contributed by atoms with Crippen molar-refractivity contribution < 1.29 is 9.47 Å². The highest BCUT2D eigenvalue weighted by Crippen LogP contribution is 2.42. The Bertz CT molecular complexity index is 1280. The van der Waals surface area contributed by atoms with Crippen LogP contribution < -0.4 is 9.64 Å². The van der Waals surface area contributed by atoms with Crippen LogP contribution in [0.4, 0.5) is 5.82 Å². The van der Waals surface area contributed by atoms with Crippen molar-refractivity contribution in [1.82, 2.24) is 18.9 Å². The van der Waals surface area contributed by atoms with Crippen LogP contribution in [0.25, 0.3) is 16.6 Å². The van der Waals surface area contributed by atoms with E-state index in [0.29, 0.717) is 30.0 Å². The highest BCUT2D eigenvalue weighted by atomic mass is 32.2. The normalized spacial score (nSPS) is 21.9. The lowest BCUT2D eigenvalue weighted by Gasteiger charge is -2.55. The average molecular weight is 505 g/mol. The van der Waals surface area contributed by atoms with Crippen LogP contribution in [-0.2, 0) is 4.74 Å². The van der Waals surface area contributed by atoms with Crippen molar-refractivity contribution >= 4 is 23.3 Å². The number of fused-ring (bicyclic) bond motifs is 3. The minimum atomic E-state index is -0.415. The fourth-order valence-electron chi connectivity index (χ4n) is 4.98. The van der Waals surface area contributed by atoms with Gasteiger partial charge in [0, 0.05) is 55.4 Å². The Morgan fingerprint density at radius 2 is 2.00 bits per heavy atom. The number of pyridine rings is 2. The van der Waals surface area contributed by atoms with Gasteiger partial charge in [-0.1, -0.05) is 11.9 Å². The maximum absolute atomic E-state index is 9.66. The van der Waals surface area contributed by atoms with E-state index in [0.717, 1.165) is 41.5 Å². The molecule has 3 aromatic heterocycles. The van der Waals surface area contributed by atoms with E-state index in [1.165, 1.54) is 25.0 Å². The van der Waals surface area contributed by atoms with Crippen molar-refractivity contribution in [2.75, 3.05) is 37.5 Å². The Hall–Kier alpha value is -2.80. The van der Waals surface area contributed by atoms with Gasteiger partial charge in [-0.15, -0.1) is 0 Å². The monoisotopic (exact) mass is 504 g/mol. The number of piperazine rings is 1. The number of nitrogens with zero attached hydrogens (tertiary/aromatic N) is 6. The second-order valence-electron chi connectivity index (χ2n) is 10.8. The van der Waals surface area contributed by atoms with Gasteiger partial charge < -0.3 is 14.4 Å². The maximum atomic E-state index is 9.66. The van der Waals surface area contributed by atoms with Crippen LogP contribution in [0.1, 0.15) is 38.7 Å². The summed E-state index contributed by atoms with van der Waals surface area (Å²) in [6, 6.07) is 9.68. The van der Waals surface area contributed by atoms with E-state index < -0.39 is 5.60 Å². The molecule has 4 aliphatic rings. The molecule has 8 nitrogen and oxygen atoms in total. The zero-order valence-corrected chi connectivity index (χ0v) is 21.9. The average Bonchev–Trinajstić information content (AvgIpc) is 3.64. The number of nitriles is 1. The van der Waals surface area contributed by atoms with Crippen LogP contribution in [0.15, 0.2) is 36.8 Å². The summed E-state index contributed by atoms with van der Waals surface area (Å²) in [5.74, 6) is 3.93. The molecule has 2 atom stereocenters. The van der Waals surface area contributed by atoms with Crippen LogP contribution in [0.2, 0.25) is 0 Å². The number of piperidine rings is 1. The first-order valence-electron chi connectivity index (χ1n) is 12.7. The van der Waals surface area contributed by atoms with E-state index in [9.17, 15) is 5.26 Å². The van der Waals surface area contributed by atoms with Gasteiger partial charge in [0.05, 0.1) is 29.1 Å². The Morgan fingerprint density at radius 1 is 1.19 bits per heavy atom. The van der Waals surface area contributed by atoms with Crippen molar-refractivity contribution in [2.24, 2.45) is 5.92 Å². The Labute approximate surface area is 216 Å². The topological polar surface area (TPSA) is 78.9 Å². The Kier molecular flexibility index (Phi) is 6.06. The van der Waals surface area contributed by atoms with E-state index in [-0.39, 0.29) is 0 Å². The van der Waals surface area contributed by atoms with Gasteiger partial charge in [-0.3, -0.25) is 0 Å². The molecule has 0 spiro atoms. The van der Waals surface area contributed by atoms with Crippen molar-refractivity contribution in [3.8, 4) is 22.9 Å². The van der Waals surface area contributed by atoms with Gasteiger partial charge in [0.1, 0.15) is 24.2 Å². The molecule has 9 heteroatoms. The second kappa shape index (κ2) is 9.25. The summed E-state index contributed by atoms with van der Waals surface area (Å²) in [6.07, 6.45) is 9.44. The first kappa shape index (κ1) is 23.6. The van der Waals surface area contributed by atoms with Crippen LogP contribution >= 0.6 is 11.9 Å². The third-order valence-corrected chi connectivity index (χ3v) is 9.03. The Balaban J connectivity index is 1.22. The number of hydrogen-bond donors (Lipinski definition) is 0. The zero-order valence-electron chi connectivity index (χ0n) is 21.1. The molecular weight excluding hydrogens is 472 g/mol. The molecule has 3 aliphatic heterocycles. The second-order valence-corrected chi connectivity index (χ2v) is 11.8. The van der Waals surface area contributed by atoms with Crippen LogP contribution in [0, 0.1) is 17.2 Å². The molecule has 0 radical (unpaired) electrons. The SMILES string of the molecule is COC(C)(C)COc1cc(-c2ccc(N3CC4CC(C3)N4SCC3CC3)nc2)c2c(C#N)cnn2c1. The van der Waals surface area contributed by atoms with Gasteiger partial charge in [-0.2, -0.15) is 10.4 Å². The van der Waals surface area contributed by atoms with Gasteiger partial charge >= 0.3 is 0 Å². The lowest BCUT2D eigenvalue weighted by molar-refractivity contribution is -0.0147. The van der Waals surface area contributed by atoms with Crippen molar-refractivity contribution in [3.05, 3.63) is 42.4 Å². The first-order chi connectivity index (χ1) is 17.4. The van der Waals surface area contributed by atoms with Crippen LogP contribution in [0.3, 0.4) is 0 Å². The minimum Gasteiger partial charge on any atom is -0.489 e. The van der Waals surface area contributed by atoms with E-state index >= 15 is 0 Å². The van der Waals surface area contributed by atoms with E-state index in [1.807, 2.05) is 26.1 Å². The van der Waals surface area contributed by atoms with Crippen molar-refractivity contribution in [2.45, 2.75) is 50.8 Å². The molecule has 1 saturated carbocycles. The summed E-state index contributed by atoms with van der Waals surface area (Å²) < 4.78 is 15.9. The third kappa shape index (κ3) is 4.54. The smallest absolute Gasteiger partial charge is 0.138 e. The largest absolute Gasteiger partial charge is 0.489 e. The third-order valence-electron chi connectivity index (χ3n) is 7.51. The molecule has 0 N–H and O–H groups in total. The molecule has 3 saturated heterocycles. The molecule has 0 aromatic carbocycles. The quantitative estimate of drug-likeness (QED) is 0.397. The van der Waals surface area contributed by atoms with Gasteiger partial charge in [-0.05, 0) is 57.2 Å². The highest BCUT2D eigenvalue weighted by Gasteiger charge is 2.45. The number of anilines is 1. The summed E-state index contributed by atoms with van der Waals surface area (Å²) in [7, 11) is 1.67. The maximum Gasteiger partial charge on any atom is 0.138 e. The van der Waals surface area contributed by atoms with Gasteiger partial charge in [0.2, 0.25) is 0 Å². The molecule has 1 aliphatic carbocycles. The molecule has 2 bridgehead atoms. The fourth-order valence-corrected chi connectivity index (χ4v) is 6.42. The Morgan fingerprint density at radius 3 is 2.67 bits per heavy atom. The van der Waals surface area contributed by atoms with Crippen molar-refractivity contribution in [3.63, 3.8) is 0 Å². The van der Waals surface area contributed by atoms with E-state index in [2.05, 4.69) is 44.5 Å². The lowest BCUT2D eigenvalue weighted by Crippen LogP contribution is -2.66. The molecule has 2 unspecified atom stereocenters. The molecule has 0 amide bonds. The molecular formula is C27H32N6O2S. The van der Waals surface area contributed by atoms with E-state index in [4.69, 9.17) is 14.5 Å². The lowest BCUT2D eigenvalue weighted by atomic mass is 9.91. The molecule has 188 valence electrons. The summed E-state index contributed by atoms with van der Waals surface area (Å²) in [4.78, 5) is 7.26. The highest BCUT2D eigenvalue weighted by molar-refractivity contribution is 7.97. The van der Waals surface area contributed by atoms with Crippen molar-refractivity contribution in [1.29, 1.82) is 5.26 Å². The first-order valence-corrected chi connectivity index (χ1v) is 13.6. The van der Waals surface area contributed by atoms with Gasteiger partial charge in [0.15, 0.2) is 0 Å². The fraction of sp³-hybridized carbons (Fsp3) is 0.519. The molecule has 7 rings (SSSR count). The number of methoxy groups -OCH3 is 1. The number of hydrogen-bond acceptors (Lipinski definition) is 8. The molecule has 3 aromatic rings. The van der Waals surface area contributed by atoms with Crippen LogP contribution in [0.5, 0.6) is 5.75 Å². The summed E-state index contributed by atoms with van der Waals surface area (Å²) >= 11 is 2.07. The molecule has 36 heavy (non-hydrogen) atoms. The number of aromatic nitrogens is 3. The molecule has 6 heterocycles. The molecule has 4 fully saturated rings. The predicted molar refractivity (Wildman–Crippen MR) is 141 cm³/mol. The number of rotatable bonds is 9. The number of ether oxygens (including phenoxy) is 2. The summed E-state index contributed by atoms with van der Waals surface area (Å²) in [5, 5.41) is 14.1. The summed E-state index contributed by atoms with van der Waals surface area (Å²) in [6.45, 7) is 6.42. The zero-order chi connectivity index (χ0) is 24.9. The van der Waals surface area contributed by atoms with E-state index in [1.54, 1.807) is 24.0 Å². The standard InChI is InChI=1S/C27H32N6O2S/c1-27(2,34-3)17-35-23-9-24(26-20(10-28)12-30-32(26)15-23)19-6-7-25(29-11-19)31-13-21-8-22(14-31)33(21)36-16-18-4-5-18/h6-7,9,11-12,15,18,21-22H,4-5,8,13-14,16-17H2,1-3H3.